The molecule has 18 heavy (non-hydrogen) atoms. The summed E-state index contributed by atoms with van der Waals surface area (Å²) in [6, 6.07) is 12.8. The summed E-state index contributed by atoms with van der Waals surface area (Å²) in [7, 11) is 0. The minimum absolute atomic E-state index is 0.343. The Morgan fingerprint density at radius 1 is 0.500 bits per heavy atom. The maximum Gasteiger partial charge on any atom is 0.108 e. The topological polar surface area (TPSA) is 83.6 Å². The normalized spacial score (nSPS) is 10.4. The van der Waals surface area contributed by atoms with Crippen molar-refractivity contribution in [1.82, 2.24) is 0 Å². The number of hydrogen-bond acceptors (Lipinski definition) is 6. The first-order valence-corrected chi connectivity index (χ1v) is 5.10. The molecule has 6 nitrogen and oxygen atoms in total. The predicted molar refractivity (Wildman–Crippen MR) is 68.0 cm³/mol. The second-order valence-electron chi connectivity index (χ2n) is 3.42. The van der Waals surface area contributed by atoms with E-state index < -0.39 is 0 Å². The molecule has 0 bridgehead atoms. The van der Waals surface area contributed by atoms with Gasteiger partial charge in [-0.05, 0) is 58.9 Å². The van der Waals surface area contributed by atoms with Crippen molar-refractivity contribution >= 4 is 22.7 Å². The van der Waals surface area contributed by atoms with E-state index in [1.54, 1.807) is 48.5 Å². The Hall–Kier alpha value is -2.76. The van der Waals surface area contributed by atoms with Gasteiger partial charge in [-0.25, -0.2) is 0 Å². The standard InChI is InChI=1S/C12H8N4O2/c17-15-11-5-1-9(2-6-11)13-14-10-3-7-12(16-18)8-4-10/h1-8H. The predicted octanol–water partition coefficient (Wildman–Crippen LogP) is 4.90. The lowest BCUT2D eigenvalue weighted by molar-refractivity contribution is 1.23. The van der Waals surface area contributed by atoms with Gasteiger partial charge >= 0.3 is 0 Å². The molecule has 0 heterocycles. The van der Waals surface area contributed by atoms with E-state index in [-0.39, 0.29) is 0 Å². The molecule has 0 aromatic heterocycles. The van der Waals surface area contributed by atoms with Crippen molar-refractivity contribution < 1.29 is 0 Å². The van der Waals surface area contributed by atoms with Gasteiger partial charge in [0.25, 0.3) is 0 Å². The van der Waals surface area contributed by atoms with Gasteiger partial charge in [-0.3, -0.25) is 0 Å². The van der Waals surface area contributed by atoms with Gasteiger partial charge in [0, 0.05) is 0 Å². The molecule has 2 aromatic carbocycles. The van der Waals surface area contributed by atoms with Crippen molar-refractivity contribution in [2.24, 2.45) is 20.6 Å². The molecule has 0 spiro atoms. The maximum absolute atomic E-state index is 10.2. The molecule has 0 unspecified atom stereocenters. The Kier molecular flexibility index (Phi) is 3.60. The Labute approximate surface area is 102 Å². The van der Waals surface area contributed by atoms with Crippen LogP contribution in [0.5, 0.6) is 0 Å². The summed E-state index contributed by atoms with van der Waals surface area (Å²) in [5, 5.41) is 13.5. The third-order valence-electron chi connectivity index (χ3n) is 2.19. The molecule has 0 atom stereocenters. The van der Waals surface area contributed by atoms with Gasteiger partial charge in [-0.2, -0.15) is 10.2 Å². The molecule has 2 rings (SSSR count). The zero-order valence-electron chi connectivity index (χ0n) is 9.22. The molecule has 0 saturated carbocycles. The van der Waals surface area contributed by atoms with Crippen LogP contribution in [0, 0.1) is 9.81 Å². The minimum atomic E-state index is 0.343. The summed E-state index contributed by atoms with van der Waals surface area (Å²) in [4.78, 5) is 20.4. The van der Waals surface area contributed by atoms with E-state index in [1.807, 2.05) is 0 Å². The zero-order valence-corrected chi connectivity index (χ0v) is 9.22. The highest BCUT2D eigenvalue weighted by Crippen LogP contribution is 2.22. The van der Waals surface area contributed by atoms with Crippen LogP contribution < -0.4 is 0 Å². The van der Waals surface area contributed by atoms with Crippen LogP contribution in [0.1, 0.15) is 0 Å². The number of rotatable bonds is 4. The van der Waals surface area contributed by atoms with E-state index in [1.165, 1.54) is 0 Å². The Morgan fingerprint density at radius 2 is 0.778 bits per heavy atom. The third kappa shape index (κ3) is 2.88. The zero-order chi connectivity index (χ0) is 12.8. The molecule has 0 aliphatic carbocycles. The van der Waals surface area contributed by atoms with E-state index in [0.717, 1.165) is 0 Å². The number of benzene rings is 2. The van der Waals surface area contributed by atoms with Crippen LogP contribution in [0.4, 0.5) is 22.7 Å². The van der Waals surface area contributed by atoms with Gasteiger partial charge < -0.3 is 0 Å². The fraction of sp³-hybridized carbons (Fsp3) is 0. The number of nitroso groups, excluding NO2 is 2. The molecule has 0 aliphatic rings. The van der Waals surface area contributed by atoms with E-state index >= 15 is 0 Å². The van der Waals surface area contributed by atoms with E-state index in [4.69, 9.17) is 0 Å². The summed E-state index contributed by atoms with van der Waals surface area (Å²) in [5.41, 5.74) is 1.91. The van der Waals surface area contributed by atoms with Crippen molar-refractivity contribution in [3.05, 3.63) is 58.3 Å². The lowest BCUT2D eigenvalue weighted by atomic mass is 10.3. The number of hydrogen-bond donors (Lipinski definition) is 0. The lowest BCUT2D eigenvalue weighted by Gasteiger charge is -1.93. The van der Waals surface area contributed by atoms with Crippen LogP contribution >= 0.6 is 0 Å². The van der Waals surface area contributed by atoms with Crippen LogP contribution in [-0.4, -0.2) is 0 Å². The fourth-order valence-electron chi connectivity index (χ4n) is 1.28. The fourth-order valence-corrected chi connectivity index (χ4v) is 1.28. The second kappa shape index (κ2) is 5.53. The Morgan fingerprint density at radius 3 is 1.06 bits per heavy atom. The number of nitrogens with zero attached hydrogens (tertiary/aromatic N) is 4. The van der Waals surface area contributed by atoms with E-state index in [0.29, 0.717) is 22.7 Å². The number of azo groups is 1. The van der Waals surface area contributed by atoms with Gasteiger partial charge in [0.05, 0.1) is 11.4 Å². The summed E-state index contributed by atoms with van der Waals surface area (Å²) in [6.45, 7) is 0. The highest BCUT2D eigenvalue weighted by molar-refractivity contribution is 5.49. The highest BCUT2D eigenvalue weighted by atomic mass is 16.3. The first-order valence-electron chi connectivity index (χ1n) is 5.10. The molecular weight excluding hydrogens is 232 g/mol. The Balaban J connectivity index is 2.13. The molecule has 0 N–H and O–H groups in total. The average molecular weight is 240 g/mol. The Bertz CT molecular complexity index is 523. The largest absolute Gasteiger partial charge is 0.151 e. The molecule has 2 aromatic rings. The van der Waals surface area contributed by atoms with Crippen LogP contribution in [0.3, 0.4) is 0 Å². The lowest BCUT2D eigenvalue weighted by Crippen LogP contribution is -1.65. The quantitative estimate of drug-likeness (QED) is 0.562. The van der Waals surface area contributed by atoms with Crippen LogP contribution in [0.15, 0.2) is 69.1 Å². The maximum atomic E-state index is 10.2. The van der Waals surface area contributed by atoms with Crippen molar-refractivity contribution in [2.45, 2.75) is 0 Å². The molecule has 88 valence electrons. The molecule has 0 amide bonds. The molecular formula is C12H8N4O2. The van der Waals surface area contributed by atoms with Gasteiger partial charge in [-0.15, -0.1) is 9.81 Å². The SMILES string of the molecule is O=Nc1ccc(N=Nc2ccc(N=O)cc2)cc1. The van der Waals surface area contributed by atoms with Crippen LogP contribution in [-0.2, 0) is 0 Å². The van der Waals surface area contributed by atoms with Crippen LogP contribution in [0.2, 0.25) is 0 Å². The first-order chi connectivity index (χ1) is 8.81. The molecule has 0 radical (unpaired) electrons. The highest BCUT2D eigenvalue weighted by Gasteiger charge is 1.94. The van der Waals surface area contributed by atoms with E-state index in [2.05, 4.69) is 20.6 Å². The van der Waals surface area contributed by atoms with E-state index in [9.17, 15) is 9.81 Å². The van der Waals surface area contributed by atoms with Gasteiger partial charge in [0.2, 0.25) is 0 Å². The van der Waals surface area contributed by atoms with Crippen LogP contribution in [0.25, 0.3) is 0 Å². The van der Waals surface area contributed by atoms with Gasteiger partial charge in [0.15, 0.2) is 0 Å². The van der Waals surface area contributed by atoms with Crippen molar-refractivity contribution in [3.63, 3.8) is 0 Å². The smallest absolute Gasteiger partial charge is 0.108 e. The van der Waals surface area contributed by atoms with Gasteiger partial charge in [-0.1, -0.05) is 0 Å². The summed E-state index contributed by atoms with van der Waals surface area (Å²) in [5.74, 6) is 0. The monoisotopic (exact) mass is 240 g/mol. The van der Waals surface area contributed by atoms with Crippen molar-refractivity contribution in [2.75, 3.05) is 0 Å². The second-order valence-corrected chi connectivity index (χ2v) is 3.42. The summed E-state index contributed by atoms with van der Waals surface area (Å²) >= 11 is 0. The molecule has 0 fully saturated rings. The molecule has 0 aliphatic heterocycles. The minimum Gasteiger partial charge on any atom is -0.151 e. The van der Waals surface area contributed by atoms with Gasteiger partial charge in [0.1, 0.15) is 11.4 Å². The summed E-state index contributed by atoms with van der Waals surface area (Å²) < 4.78 is 0. The molecule has 0 saturated heterocycles. The van der Waals surface area contributed by atoms with Crippen molar-refractivity contribution in [3.8, 4) is 0 Å². The third-order valence-corrected chi connectivity index (χ3v) is 2.19. The average Bonchev–Trinajstić information content (AvgIpc) is 2.46. The first kappa shape index (κ1) is 11.7. The van der Waals surface area contributed by atoms with Crippen molar-refractivity contribution in [1.29, 1.82) is 0 Å². The summed E-state index contributed by atoms with van der Waals surface area (Å²) in [6.07, 6.45) is 0. The molecule has 6 heteroatoms.